The van der Waals surface area contributed by atoms with E-state index in [4.69, 9.17) is 0 Å². The van der Waals surface area contributed by atoms with Crippen LogP contribution in [0.15, 0.2) is 18.3 Å². The van der Waals surface area contributed by atoms with Crippen LogP contribution in [0.25, 0.3) is 5.65 Å². The Morgan fingerprint density at radius 1 is 1.41 bits per heavy atom. The number of aliphatic hydroxyl groups is 1. The average Bonchev–Trinajstić information content (AvgIpc) is 2.66. The van der Waals surface area contributed by atoms with Crippen molar-refractivity contribution in [3.63, 3.8) is 0 Å². The largest absolute Gasteiger partial charge is 0.394 e. The number of hydrogen-bond donors (Lipinski definition) is 2. The topological polar surface area (TPSA) is 62.5 Å². The highest BCUT2D eigenvalue weighted by atomic mass is 16.3. The van der Waals surface area contributed by atoms with E-state index in [1.54, 1.807) is 4.52 Å². The van der Waals surface area contributed by atoms with Gasteiger partial charge in [-0.15, -0.1) is 5.10 Å². The molecule has 0 bridgehead atoms. The number of nitrogens with one attached hydrogen (secondary N) is 1. The summed E-state index contributed by atoms with van der Waals surface area (Å²) in [7, 11) is 0. The maximum atomic E-state index is 9.25. The molecule has 0 aliphatic carbocycles. The van der Waals surface area contributed by atoms with Crippen molar-refractivity contribution in [1.82, 2.24) is 14.6 Å². The van der Waals surface area contributed by atoms with E-state index in [1.165, 1.54) is 0 Å². The average molecular weight is 234 g/mol. The van der Waals surface area contributed by atoms with Gasteiger partial charge >= 0.3 is 0 Å². The lowest BCUT2D eigenvalue weighted by Gasteiger charge is -2.18. The van der Waals surface area contributed by atoms with Gasteiger partial charge in [0.25, 0.3) is 0 Å². The maximum absolute atomic E-state index is 9.25. The van der Waals surface area contributed by atoms with E-state index in [-0.39, 0.29) is 12.6 Å². The summed E-state index contributed by atoms with van der Waals surface area (Å²) in [5.41, 5.74) is 1.94. The smallest absolute Gasteiger partial charge is 0.243 e. The van der Waals surface area contributed by atoms with E-state index in [2.05, 4.69) is 15.4 Å². The molecule has 0 aliphatic heterocycles. The Balaban J connectivity index is 2.24. The fourth-order valence-electron chi connectivity index (χ4n) is 1.64. The van der Waals surface area contributed by atoms with Crippen LogP contribution in [0.4, 0.5) is 5.95 Å². The third-order valence-corrected chi connectivity index (χ3v) is 2.79. The van der Waals surface area contributed by atoms with Gasteiger partial charge in [-0.2, -0.15) is 4.98 Å². The van der Waals surface area contributed by atoms with E-state index >= 15 is 0 Å². The van der Waals surface area contributed by atoms with Gasteiger partial charge in [0, 0.05) is 6.20 Å². The number of nitrogens with zero attached hydrogens (tertiary/aromatic N) is 3. The van der Waals surface area contributed by atoms with E-state index in [0.717, 1.165) is 11.2 Å². The molecule has 0 aromatic carbocycles. The van der Waals surface area contributed by atoms with E-state index in [1.807, 2.05) is 39.1 Å². The van der Waals surface area contributed by atoms with Crippen molar-refractivity contribution in [1.29, 1.82) is 0 Å². The van der Waals surface area contributed by atoms with Gasteiger partial charge in [-0.1, -0.05) is 19.9 Å². The van der Waals surface area contributed by atoms with Crippen molar-refractivity contribution in [3.05, 3.63) is 23.9 Å². The molecule has 5 nitrogen and oxygen atoms in total. The Bertz CT molecular complexity index is 506. The molecule has 5 heteroatoms. The van der Waals surface area contributed by atoms with Crippen molar-refractivity contribution < 1.29 is 5.11 Å². The fourth-order valence-corrected chi connectivity index (χ4v) is 1.64. The van der Waals surface area contributed by atoms with Crippen molar-refractivity contribution in [3.8, 4) is 0 Å². The SMILES string of the molecule is Cc1ccc2nc(N[C@H](CO)C(C)C)nn2c1. The molecule has 0 unspecified atom stereocenters. The number of fused-ring (bicyclic) bond motifs is 1. The molecule has 0 saturated carbocycles. The van der Waals surface area contributed by atoms with Crippen LogP contribution in [0.2, 0.25) is 0 Å². The normalized spacial score (nSPS) is 13.2. The highest BCUT2D eigenvalue weighted by molar-refractivity contribution is 5.44. The molecule has 0 saturated heterocycles. The Morgan fingerprint density at radius 2 is 2.18 bits per heavy atom. The highest BCUT2D eigenvalue weighted by Crippen LogP contribution is 2.11. The number of anilines is 1. The van der Waals surface area contributed by atoms with Gasteiger partial charge in [0.15, 0.2) is 5.65 Å². The Morgan fingerprint density at radius 3 is 2.82 bits per heavy atom. The minimum Gasteiger partial charge on any atom is -0.394 e. The van der Waals surface area contributed by atoms with Crippen LogP contribution in [0.5, 0.6) is 0 Å². The first-order chi connectivity index (χ1) is 8.10. The van der Waals surface area contributed by atoms with Gasteiger partial charge in [0.1, 0.15) is 0 Å². The lowest BCUT2D eigenvalue weighted by Crippen LogP contribution is -2.29. The zero-order chi connectivity index (χ0) is 12.4. The molecule has 2 aromatic heterocycles. The molecule has 92 valence electrons. The van der Waals surface area contributed by atoms with Gasteiger partial charge in [0.05, 0.1) is 12.6 Å². The second-order valence-electron chi connectivity index (χ2n) is 4.62. The van der Waals surface area contributed by atoms with Gasteiger partial charge in [-0.25, -0.2) is 4.52 Å². The van der Waals surface area contributed by atoms with Crippen LogP contribution in [0.1, 0.15) is 19.4 Å². The molecule has 2 rings (SSSR count). The Hall–Kier alpha value is -1.62. The maximum Gasteiger partial charge on any atom is 0.243 e. The van der Waals surface area contributed by atoms with Crippen LogP contribution < -0.4 is 5.32 Å². The first-order valence-corrected chi connectivity index (χ1v) is 5.80. The lowest BCUT2D eigenvalue weighted by molar-refractivity contribution is 0.248. The second kappa shape index (κ2) is 4.71. The number of aryl methyl sites for hydroxylation is 1. The molecule has 0 radical (unpaired) electrons. The summed E-state index contributed by atoms with van der Waals surface area (Å²) in [6, 6.07) is 3.91. The predicted octanol–water partition coefficient (Wildman–Crippen LogP) is 1.47. The van der Waals surface area contributed by atoms with Crippen molar-refractivity contribution >= 4 is 11.6 Å². The molecule has 2 N–H and O–H groups in total. The van der Waals surface area contributed by atoms with E-state index < -0.39 is 0 Å². The monoisotopic (exact) mass is 234 g/mol. The minimum atomic E-state index is -0.0199. The first-order valence-electron chi connectivity index (χ1n) is 5.80. The zero-order valence-electron chi connectivity index (χ0n) is 10.4. The Labute approximate surface area is 100 Å². The molecular weight excluding hydrogens is 216 g/mol. The quantitative estimate of drug-likeness (QED) is 0.841. The molecule has 0 aliphatic rings. The molecule has 17 heavy (non-hydrogen) atoms. The summed E-state index contributed by atoms with van der Waals surface area (Å²) in [5.74, 6) is 0.886. The lowest BCUT2D eigenvalue weighted by atomic mass is 10.1. The third kappa shape index (κ3) is 2.55. The number of hydrogen-bond acceptors (Lipinski definition) is 4. The second-order valence-corrected chi connectivity index (χ2v) is 4.62. The summed E-state index contributed by atoms with van der Waals surface area (Å²) >= 11 is 0. The number of rotatable bonds is 4. The van der Waals surface area contributed by atoms with Gasteiger partial charge in [-0.05, 0) is 24.5 Å². The van der Waals surface area contributed by atoms with Crippen molar-refractivity contribution in [2.75, 3.05) is 11.9 Å². The van der Waals surface area contributed by atoms with Gasteiger partial charge in [-0.3, -0.25) is 0 Å². The molecule has 2 aromatic rings. The number of aliphatic hydroxyl groups excluding tert-OH is 1. The van der Waals surface area contributed by atoms with Gasteiger partial charge < -0.3 is 10.4 Å². The molecule has 2 heterocycles. The first kappa shape index (κ1) is 11.9. The Kier molecular flexibility index (Phi) is 3.28. The van der Waals surface area contributed by atoms with E-state index in [0.29, 0.717) is 11.9 Å². The molecular formula is C12H18N4O. The third-order valence-electron chi connectivity index (χ3n) is 2.79. The zero-order valence-corrected chi connectivity index (χ0v) is 10.4. The van der Waals surface area contributed by atoms with Crippen LogP contribution >= 0.6 is 0 Å². The van der Waals surface area contributed by atoms with Crippen LogP contribution in [0.3, 0.4) is 0 Å². The summed E-state index contributed by atoms with van der Waals surface area (Å²) in [6.07, 6.45) is 1.93. The summed E-state index contributed by atoms with van der Waals surface area (Å²) in [6.45, 7) is 6.19. The standard InChI is InChI=1S/C12H18N4O/c1-8(2)10(7-17)13-12-14-11-5-4-9(3)6-16(11)15-12/h4-6,8,10,17H,7H2,1-3H3,(H,13,15)/t10-/m1/s1. The summed E-state index contributed by atoms with van der Waals surface area (Å²) < 4.78 is 1.74. The molecule has 1 atom stereocenters. The minimum absolute atomic E-state index is 0.0199. The van der Waals surface area contributed by atoms with Crippen LogP contribution in [0, 0.1) is 12.8 Å². The summed E-state index contributed by atoms with van der Waals surface area (Å²) in [4.78, 5) is 4.35. The fraction of sp³-hybridized carbons (Fsp3) is 0.500. The molecule has 0 fully saturated rings. The van der Waals surface area contributed by atoms with Gasteiger partial charge in [0.2, 0.25) is 5.95 Å². The predicted molar refractivity (Wildman–Crippen MR) is 67.1 cm³/mol. The van der Waals surface area contributed by atoms with Crippen LogP contribution in [-0.2, 0) is 0 Å². The highest BCUT2D eigenvalue weighted by Gasteiger charge is 2.14. The van der Waals surface area contributed by atoms with Crippen molar-refractivity contribution in [2.24, 2.45) is 5.92 Å². The molecule has 0 spiro atoms. The molecule has 0 amide bonds. The number of aromatic nitrogens is 3. The van der Waals surface area contributed by atoms with Crippen LogP contribution in [-0.4, -0.2) is 32.4 Å². The van der Waals surface area contributed by atoms with E-state index in [9.17, 15) is 5.11 Å². The summed E-state index contributed by atoms with van der Waals surface area (Å²) in [5, 5.41) is 16.7. The van der Waals surface area contributed by atoms with Crippen molar-refractivity contribution in [2.45, 2.75) is 26.8 Å². The number of pyridine rings is 1.